The third kappa shape index (κ3) is 4.57. The maximum absolute atomic E-state index is 12.1. The lowest BCUT2D eigenvalue weighted by molar-refractivity contribution is 0.0696. The summed E-state index contributed by atoms with van der Waals surface area (Å²) in [6, 6.07) is 12.6. The summed E-state index contributed by atoms with van der Waals surface area (Å²) in [5, 5.41) is 8.90. The average Bonchev–Trinajstić information content (AvgIpc) is 2.41. The fraction of sp³-hybridized carbons (Fsp3) is 0.0714. The smallest absolute Gasteiger partial charge is 0.335 e. The number of rotatable bonds is 5. The van der Waals surface area contributed by atoms with Gasteiger partial charge in [0.2, 0.25) is 10.0 Å². The predicted molar refractivity (Wildman–Crippen MR) is 83.8 cm³/mol. The topological polar surface area (TPSA) is 83.5 Å². The van der Waals surface area contributed by atoms with Crippen LogP contribution < -0.4 is 4.72 Å². The van der Waals surface area contributed by atoms with Crippen molar-refractivity contribution in [3.8, 4) is 0 Å². The van der Waals surface area contributed by atoms with Crippen LogP contribution in [-0.4, -0.2) is 19.5 Å². The third-order valence-electron chi connectivity index (χ3n) is 2.65. The van der Waals surface area contributed by atoms with Gasteiger partial charge in [-0.05, 0) is 42.0 Å². The third-order valence-corrected chi connectivity index (χ3v) is 4.44. The van der Waals surface area contributed by atoms with Gasteiger partial charge in [0.15, 0.2) is 0 Å². The van der Waals surface area contributed by atoms with Crippen molar-refractivity contribution in [2.24, 2.45) is 0 Å². The van der Waals surface area contributed by atoms with Crippen molar-refractivity contribution in [1.29, 1.82) is 0 Å². The predicted octanol–water partition coefficient (Wildman–Crippen LogP) is 3.09. The zero-order valence-corrected chi connectivity index (χ0v) is 13.2. The Morgan fingerprint density at radius 3 is 2.43 bits per heavy atom. The first kappa shape index (κ1) is 15.5. The monoisotopic (exact) mass is 369 g/mol. The number of carbonyl (C=O) groups is 1. The molecular weight excluding hydrogens is 358 g/mol. The number of nitrogens with one attached hydrogen (secondary N) is 1. The molecule has 0 aromatic heterocycles. The molecule has 0 atom stereocenters. The molecule has 21 heavy (non-hydrogen) atoms. The van der Waals surface area contributed by atoms with Gasteiger partial charge in [-0.3, -0.25) is 4.72 Å². The van der Waals surface area contributed by atoms with E-state index in [2.05, 4.69) is 20.7 Å². The molecule has 0 heterocycles. The summed E-state index contributed by atoms with van der Waals surface area (Å²) >= 11 is 3.27. The van der Waals surface area contributed by atoms with Crippen LogP contribution in [0.25, 0.3) is 0 Å². The van der Waals surface area contributed by atoms with Crippen LogP contribution in [0.1, 0.15) is 15.9 Å². The zero-order chi connectivity index (χ0) is 15.5. The van der Waals surface area contributed by atoms with E-state index in [4.69, 9.17) is 5.11 Å². The van der Waals surface area contributed by atoms with Crippen LogP contribution in [0.15, 0.2) is 53.0 Å². The summed E-state index contributed by atoms with van der Waals surface area (Å²) in [4.78, 5) is 10.9. The van der Waals surface area contributed by atoms with Crippen LogP contribution in [0.4, 0.5) is 5.69 Å². The second kappa shape index (κ2) is 6.28. The van der Waals surface area contributed by atoms with Gasteiger partial charge in [0.1, 0.15) is 0 Å². The Kier molecular flexibility index (Phi) is 4.64. The minimum atomic E-state index is -3.60. The Morgan fingerprint density at radius 1 is 1.14 bits per heavy atom. The van der Waals surface area contributed by atoms with E-state index in [9.17, 15) is 13.2 Å². The molecule has 2 rings (SSSR count). The van der Waals surface area contributed by atoms with Gasteiger partial charge in [-0.15, -0.1) is 0 Å². The van der Waals surface area contributed by atoms with Gasteiger partial charge in [0.05, 0.1) is 11.3 Å². The minimum Gasteiger partial charge on any atom is -0.478 e. The Morgan fingerprint density at radius 2 is 1.81 bits per heavy atom. The van der Waals surface area contributed by atoms with E-state index in [1.165, 1.54) is 18.2 Å². The molecule has 0 amide bonds. The summed E-state index contributed by atoms with van der Waals surface area (Å²) in [5.41, 5.74) is 0.929. The Balaban J connectivity index is 2.15. The molecule has 0 bridgehead atoms. The van der Waals surface area contributed by atoms with Crippen LogP contribution >= 0.6 is 15.9 Å². The van der Waals surface area contributed by atoms with Gasteiger partial charge >= 0.3 is 5.97 Å². The lowest BCUT2D eigenvalue weighted by Crippen LogP contribution is -2.15. The molecule has 2 aromatic rings. The van der Waals surface area contributed by atoms with Gasteiger partial charge in [-0.25, -0.2) is 13.2 Å². The fourth-order valence-corrected chi connectivity index (χ4v) is 3.20. The highest BCUT2D eigenvalue weighted by molar-refractivity contribution is 9.10. The van der Waals surface area contributed by atoms with E-state index in [1.807, 2.05) is 0 Å². The highest BCUT2D eigenvalue weighted by Crippen LogP contribution is 2.17. The molecule has 2 N–H and O–H groups in total. The largest absolute Gasteiger partial charge is 0.478 e. The minimum absolute atomic E-state index is 0.0614. The van der Waals surface area contributed by atoms with Gasteiger partial charge in [-0.1, -0.05) is 28.1 Å². The Hall–Kier alpha value is -1.86. The molecule has 0 aliphatic heterocycles. The molecule has 0 aliphatic carbocycles. The number of sulfonamides is 1. The first-order valence-electron chi connectivity index (χ1n) is 5.94. The van der Waals surface area contributed by atoms with Crippen LogP contribution in [0.3, 0.4) is 0 Å². The highest BCUT2D eigenvalue weighted by atomic mass is 79.9. The molecule has 0 radical (unpaired) electrons. The molecule has 0 fully saturated rings. The number of benzene rings is 2. The van der Waals surface area contributed by atoms with E-state index in [-0.39, 0.29) is 11.3 Å². The number of anilines is 1. The number of carboxylic acid groups (broad SMARTS) is 1. The summed E-state index contributed by atoms with van der Waals surface area (Å²) in [7, 11) is -3.60. The number of aromatic carboxylic acids is 1. The number of carboxylic acids is 1. The molecule has 0 unspecified atom stereocenters. The molecular formula is C14H12BrNO4S. The number of halogens is 1. The molecule has 0 aliphatic rings. The normalized spacial score (nSPS) is 11.1. The first-order valence-corrected chi connectivity index (χ1v) is 8.38. The van der Waals surface area contributed by atoms with E-state index >= 15 is 0 Å². The van der Waals surface area contributed by atoms with Gasteiger partial charge in [0, 0.05) is 10.2 Å². The zero-order valence-electron chi connectivity index (χ0n) is 10.8. The first-order chi connectivity index (χ1) is 9.85. The summed E-state index contributed by atoms with van der Waals surface area (Å²) in [5.74, 6) is -1.38. The van der Waals surface area contributed by atoms with Crippen molar-refractivity contribution >= 4 is 37.6 Å². The van der Waals surface area contributed by atoms with Gasteiger partial charge in [0.25, 0.3) is 0 Å². The van der Waals surface area contributed by atoms with Crippen LogP contribution in [0.5, 0.6) is 0 Å². The Labute approximate surface area is 130 Å². The lowest BCUT2D eigenvalue weighted by Gasteiger charge is -2.08. The summed E-state index contributed by atoms with van der Waals surface area (Å²) < 4.78 is 27.4. The maximum Gasteiger partial charge on any atom is 0.335 e. The van der Waals surface area contributed by atoms with E-state index in [1.54, 1.807) is 30.3 Å². The van der Waals surface area contributed by atoms with Gasteiger partial charge in [-0.2, -0.15) is 0 Å². The van der Waals surface area contributed by atoms with Crippen molar-refractivity contribution in [2.45, 2.75) is 5.75 Å². The Bertz CT molecular complexity index is 757. The maximum atomic E-state index is 12.1. The van der Waals surface area contributed by atoms with Crippen molar-refractivity contribution in [3.63, 3.8) is 0 Å². The van der Waals surface area contributed by atoms with Crippen LogP contribution in [0.2, 0.25) is 0 Å². The second-order valence-electron chi connectivity index (χ2n) is 4.37. The lowest BCUT2D eigenvalue weighted by atomic mass is 10.1. The standard InChI is InChI=1S/C14H12BrNO4S/c15-12-4-6-13(7-5-12)16-21(19,20)9-10-2-1-3-11(8-10)14(17)18/h1-8,16H,9H2,(H,17,18). The quantitative estimate of drug-likeness (QED) is 0.847. The SMILES string of the molecule is O=C(O)c1cccc(CS(=O)(=O)Nc2ccc(Br)cc2)c1. The van der Waals surface area contributed by atoms with E-state index in [0.717, 1.165) is 4.47 Å². The molecule has 7 heteroatoms. The van der Waals surface area contributed by atoms with Crippen molar-refractivity contribution < 1.29 is 18.3 Å². The molecule has 0 saturated carbocycles. The van der Waals surface area contributed by atoms with Crippen LogP contribution in [0, 0.1) is 0 Å². The second-order valence-corrected chi connectivity index (χ2v) is 7.01. The van der Waals surface area contributed by atoms with Gasteiger partial charge < -0.3 is 5.11 Å². The summed E-state index contributed by atoms with van der Waals surface area (Å²) in [6.45, 7) is 0. The molecule has 2 aromatic carbocycles. The number of hydrogen-bond donors (Lipinski definition) is 2. The highest BCUT2D eigenvalue weighted by Gasteiger charge is 2.13. The average molecular weight is 370 g/mol. The van der Waals surface area contributed by atoms with E-state index < -0.39 is 16.0 Å². The van der Waals surface area contributed by atoms with Crippen molar-refractivity contribution in [1.82, 2.24) is 0 Å². The molecule has 5 nitrogen and oxygen atoms in total. The van der Waals surface area contributed by atoms with Crippen molar-refractivity contribution in [2.75, 3.05) is 4.72 Å². The summed E-state index contributed by atoms with van der Waals surface area (Å²) in [6.07, 6.45) is 0. The molecule has 110 valence electrons. The molecule has 0 spiro atoms. The molecule has 0 saturated heterocycles. The van der Waals surface area contributed by atoms with E-state index in [0.29, 0.717) is 11.3 Å². The fourth-order valence-electron chi connectivity index (χ4n) is 1.75. The van der Waals surface area contributed by atoms with Crippen molar-refractivity contribution in [3.05, 3.63) is 64.1 Å². The van der Waals surface area contributed by atoms with Crippen LogP contribution in [-0.2, 0) is 15.8 Å². The number of hydrogen-bond acceptors (Lipinski definition) is 3.